The molecule has 0 saturated heterocycles. The van der Waals surface area contributed by atoms with E-state index in [4.69, 9.17) is 0 Å². The summed E-state index contributed by atoms with van der Waals surface area (Å²) >= 11 is 1.49. The first kappa shape index (κ1) is 13.9. The number of nitrogens with one attached hydrogen (secondary N) is 2. The second kappa shape index (κ2) is 6.07. The lowest BCUT2D eigenvalue weighted by atomic mass is 10.0. The highest BCUT2D eigenvalue weighted by Gasteiger charge is 2.23. The number of amides is 1. The summed E-state index contributed by atoms with van der Waals surface area (Å²) in [6, 6.07) is 2.24. The molecule has 0 spiro atoms. The molecule has 102 valence electrons. The van der Waals surface area contributed by atoms with Crippen molar-refractivity contribution in [2.75, 3.05) is 17.2 Å². The van der Waals surface area contributed by atoms with Gasteiger partial charge in [-0.05, 0) is 25.7 Å². The molecule has 19 heavy (non-hydrogen) atoms. The van der Waals surface area contributed by atoms with Crippen LogP contribution < -0.4 is 10.6 Å². The Bertz CT molecular complexity index is 511. The van der Waals surface area contributed by atoms with Gasteiger partial charge < -0.3 is 10.6 Å². The molecular weight excluding hydrogens is 258 g/mol. The molecule has 0 aliphatic carbocycles. The molecule has 1 aliphatic heterocycles. The summed E-state index contributed by atoms with van der Waals surface area (Å²) < 4.78 is 0. The third kappa shape index (κ3) is 2.74. The average Bonchev–Trinajstić information content (AvgIpc) is 2.77. The molecule has 1 amide bonds. The fourth-order valence-corrected chi connectivity index (χ4v) is 3.52. The van der Waals surface area contributed by atoms with E-state index in [0.29, 0.717) is 10.6 Å². The van der Waals surface area contributed by atoms with E-state index in [0.717, 1.165) is 42.8 Å². The van der Waals surface area contributed by atoms with Gasteiger partial charge in [0.05, 0.1) is 10.6 Å². The summed E-state index contributed by atoms with van der Waals surface area (Å²) in [7, 11) is 0. The van der Waals surface area contributed by atoms with Gasteiger partial charge in [-0.3, -0.25) is 4.79 Å². The van der Waals surface area contributed by atoms with E-state index < -0.39 is 0 Å². The van der Waals surface area contributed by atoms with Gasteiger partial charge in [-0.2, -0.15) is 5.26 Å². The Morgan fingerprint density at radius 3 is 2.89 bits per heavy atom. The topological polar surface area (TPSA) is 64.9 Å². The summed E-state index contributed by atoms with van der Waals surface area (Å²) in [6.07, 6.45) is 3.61. The van der Waals surface area contributed by atoms with E-state index in [9.17, 15) is 10.1 Å². The molecule has 0 radical (unpaired) electrons. The van der Waals surface area contributed by atoms with Gasteiger partial charge in [-0.1, -0.05) is 25.2 Å². The molecule has 0 atom stereocenters. The third-order valence-corrected chi connectivity index (χ3v) is 4.71. The number of hydrogen-bond donors (Lipinski definition) is 2. The molecule has 1 aromatic heterocycles. The van der Waals surface area contributed by atoms with Gasteiger partial charge in [-0.25, -0.2) is 0 Å². The maximum atomic E-state index is 12.1. The molecule has 2 rings (SSSR count). The van der Waals surface area contributed by atoms with Gasteiger partial charge in [0, 0.05) is 18.0 Å². The van der Waals surface area contributed by atoms with E-state index in [2.05, 4.69) is 16.7 Å². The molecule has 0 fully saturated rings. The summed E-state index contributed by atoms with van der Waals surface area (Å²) in [5.74, 6) is 0.0544. The molecule has 4 nitrogen and oxygen atoms in total. The number of thiophene rings is 1. The van der Waals surface area contributed by atoms with Gasteiger partial charge in [0.25, 0.3) is 0 Å². The fraction of sp³-hybridized carbons (Fsp3) is 0.571. The minimum atomic E-state index is 0.0265. The van der Waals surface area contributed by atoms with E-state index in [1.807, 2.05) is 13.8 Å². The van der Waals surface area contributed by atoms with Crippen molar-refractivity contribution in [3.63, 3.8) is 0 Å². The lowest BCUT2D eigenvalue weighted by molar-refractivity contribution is -0.120. The summed E-state index contributed by atoms with van der Waals surface area (Å²) in [5.41, 5.74) is 1.71. The molecule has 0 saturated carbocycles. The van der Waals surface area contributed by atoms with Gasteiger partial charge in [0.2, 0.25) is 5.91 Å². The van der Waals surface area contributed by atoms with Crippen molar-refractivity contribution in [3.05, 3.63) is 11.1 Å². The lowest BCUT2D eigenvalue weighted by Gasteiger charge is -2.12. The van der Waals surface area contributed by atoms with Crippen LogP contribution in [-0.4, -0.2) is 12.5 Å². The van der Waals surface area contributed by atoms with E-state index >= 15 is 0 Å². The molecule has 0 aromatic carbocycles. The number of hydrogen-bond acceptors (Lipinski definition) is 4. The smallest absolute Gasteiger partial charge is 0.228 e. The Kier molecular flexibility index (Phi) is 4.43. The zero-order valence-electron chi connectivity index (χ0n) is 11.4. The standard InChI is InChI=1S/C14H19N3OS/c1-3-9(4-2)12(18)17-14-11(8-15)10-6-5-7-16-13(10)19-14/h9,16H,3-7H2,1-2H3,(H,17,18). The van der Waals surface area contributed by atoms with Crippen LogP contribution in [0.25, 0.3) is 0 Å². The van der Waals surface area contributed by atoms with Gasteiger partial charge in [-0.15, -0.1) is 0 Å². The molecule has 1 aromatic rings. The predicted molar refractivity (Wildman–Crippen MR) is 78.5 cm³/mol. The maximum Gasteiger partial charge on any atom is 0.228 e. The molecule has 1 aliphatic rings. The third-order valence-electron chi connectivity index (χ3n) is 3.60. The Hall–Kier alpha value is -1.54. The number of carbonyl (C=O) groups excluding carboxylic acids is 1. The van der Waals surface area contributed by atoms with E-state index in [-0.39, 0.29) is 11.8 Å². The highest BCUT2D eigenvalue weighted by molar-refractivity contribution is 7.20. The highest BCUT2D eigenvalue weighted by atomic mass is 32.1. The first-order valence-electron chi connectivity index (χ1n) is 6.81. The van der Waals surface area contributed by atoms with Crippen molar-refractivity contribution >= 4 is 27.2 Å². The van der Waals surface area contributed by atoms with Crippen LogP contribution in [0, 0.1) is 17.2 Å². The Balaban J connectivity index is 2.23. The van der Waals surface area contributed by atoms with Crippen molar-refractivity contribution < 1.29 is 4.79 Å². The van der Waals surface area contributed by atoms with Gasteiger partial charge in [0.1, 0.15) is 11.1 Å². The maximum absolute atomic E-state index is 12.1. The molecule has 0 bridgehead atoms. The van der Waals surface area contributed by atoms with E-state index in [1.165, 1.54) is 11.3 Å². The van der Waals surface area contributed by atoms with Crippen molar-refractivity contribution in [2.24, 2.45) is 5.92 Å². The summed E-state index contributed by atoms with van der Waals surface area (Å²) in [6.45, 7) is 4.97. The zero-order valence-corrected chi connectivity index (χ0v) is 12.2. The van der Waals surface area contributed by atoms with E-state index in [1.54, 1.807) is 0 Å². The Morgan fingerprint density at radius 1 is 1.53 bits per heavy atom. The molecule has 2 heterocycles. The zero-order chi connectivity index (χ0) is 13.8. The van der Waals surface area contributed by atoms with Crippen LogP contribution in [0.2, 0.25) is 0 Å². The molecule has 5 heteroatoms. The minimum Gasteiger partial charge on any atom is -0.377 e. The number of rotatable bonds is 4. The normalized spacial score (nSPS) is 13.6. The van der Waals surface area contributed by atoms with Crippen LogP contribution in [-0.2, 0) is 11.2 Å². The highest BCUT2D eigenvalue weighted by Crippen LogP contribution is 2.40. The summed E-state index contributed by atoms with van der Waals surface area (Å²) in [4.78, 5) is 12.1. The van der Waals surface area contributed by atoms with Crippen LogP contribution in [0.4, 0.5) is 10.0 Å². The number of nitriles is 1. The first-order valence-corrected chi connectivity index (χ1v) is 7.63. The summed E-state index contributed by atoms with van der Waals surface area (Å²) in [5, 5.41) is 17.3. The largest absolute Gasteiger partial charge is 0.377 e. The second-order valence-corrected chi connectivity index (χ2v) is 5.78. The number of nitrogens with zero attached hydrogens (tertiary/aromatic N) is 1. The van der Waals surface area contributed by atoms with Crippen LogP contribution in [0.1, 0.15) is 44.2 Å². The van der Waals surface area contributed by atoms with Crippen LogP contribution in [0.15, 0.2) is 0 Å². The number of anilines is 2. The SMILES string of the molecule is CCC(CC)C(=O)Nc1sc2c(c1C#N)CCCN2. The Labute approximate surface area is 117 Å². The number of fused-ring (bicyclic) bond motifs is 1. The van der Waals surface area contributed by atoms with Crippen molar-refractivity contribution in [2.45, 2.75) is 39.5 Å². The van der Waals surface area contributed by atoms with Crippen molar-refractivity contribution in [1.29, 1.82) is 5.26 Å². The molecule has 0 unspecified atom stereocenters. The Morgan fingerprint density at radius 2 is 2.26 bits per heavy atom. The van der Waals surface area contributed by atoms with Crippen molar-refractivity contribution in [1.82, 2.24) is 0 Å². The van der Waals surface area contributed by atoms with Gasteiger partial charge in [0.15, 0.2) is 0 Å². The monoisotopic (exact) mass is 277 g/mol. The quantitative estimate of drug-likeness (QED) is 0.887. The number of carbonyl (C=O) groups is 1. The predicted octanol–water partition coefficient (Wildman–Crippen LogP) is 3.35. The minimum absolute atomic E-state index is 0.0265. The second-order valence-electron chi connectivity index (χ2n) is 4.76. The first-order chi connectivity index (χ1) is 9.21. The van der Waals surface area contributed by atoms with Crippen LogP contribution in [0.5, 0.6) is 0 Å². The van der Waals surface area contributed by atoms with Crippen LogP contribution in [0.3, 0.4) is 0 Å². The van der Waals surface area contributed by atoms with Crippen molar-refractivity contribution in [3.8, 4) is 6.07 Å². The average molecular weight is 277 g/mol. The fourth-order valence-electron chi connectivity index (χ4n) is 2.39. The van der Waals surface area contributed by atoms with Crippen LogP contribution >= 0.6 is 11.3 Å². The molecule has 2 N–H and O–H groups in total. The molecular formula is C14H19N3OS. The lowest BCUT2D eigenvalue weighted by Crippen LogP contribution is -2.21. The van der Waals surface area contributed by atoms with Gasteiger partial charge >= 0.3 is 0 Å².